The zero-order chi connectivity index (χ0) is 21.3. The molecule has 2 unspecified atom stereocenters. The summed E-state index contributed by atoms with van der Waals surface area (Å²) < 4.78 is 13.7. The second-order valence-electron chi connectivity index (χ2n) is 8.93. The van der Waals surface area contributed by atoms with Gasteiger partial charge in [-0.15, -0.1) is 0 Å². The number of rotatable bonds is 2. The Morgan fingerprint density at radius 3 is 2.29 bits per heavy atom. The molecule has 31 heavy (non-hydrogen) atoms. The molecular weight excluding hydrogens is 387 g/mol. The van der Waals surface area contributed by atoms with Crippen LogP contribution in [-0.2, 0) is 4.79 Å². The number of ketones is 2. The van der Waals surface area contributed by atoms with Crippen LogP contribution in [0.15, 0.2) is 60.7 Å². The highest BCUT2D eigenvalue weighted by Crippen LogP contribution is 2.46. The highest BCUT2D eigenvalue weighted by atomic mass is 19.1. The molecule has 0 aromatic heterocycles. The first kappa shape index (κ1) is 18.4. The molecule has 1 saturated carbocycles. The third-order valence-electron chi connectivity index (χ3n) is 7.10. The van der Waals surface area contributed by atoms with Crippen molar-refractivity contribution >= 4 is 23.2 Å². The molecule has 3 aliphatic carbocycles. The second kappa shape index (κ2) is 6.58. The predicted octanol–water partition coefficient (Wildman–Crippen LogP) is 4.00. The lowest BCUT2D eigenvalue weighted by molar-refractivity contribution is -0.122. The van der Waals surface area contributed by atoms with Crippen molar-refractivity contribution in [2.24, 2.45) is 11.8 Å². The van der Waals surface area contributed by atoms with E-state index in [-0.39, 0.29) is 23.3 Å². The zero-order valence-electron chi connectivity index (χ0n) is 17.2. The molecule has 0 bridgehead atoms. The Kier molecular flexibility index (Phi) is 3.92. The molecule has 3 heteroatoms. The van der Waals surface area contributed by atoms with E-state index in [2.05, 4.69) is 6.07 Å². The molecule has 0 heterocycles. The van der Waals surface area contributed by atoms with Gasteiger partial charge in [0.05, 0.1) is 5.92 Å². The average molecular weight is 408 g/mol. The monoisotopic (exact) mass is 408 g/mol. The van der Waals surface area contributed by atoms with E-state index in [0.29, 0.717) is 11.5 Å². The molecule has 2 atom stereocenters. The van der Waals surface area contributed by atoms with E-state index in [1.807, 2.05) is 37.3 Å². The summed E-state index contributed by atoms with van der Waals surface area (Å²) in [5, 5.41) is 3.79. The molecule has 3 aromatic carbocycles. The predicted molar refractivity (Wildman–Crippen MR) is 117 cm³/mol. The number of hydrogen-bond acceptors (Lipinski definition) is 2. The number of hydrogen-bond donors (Lipinski definition) is 0. The van der Waals surface area contributed by atoms with E-state index in [1.54, 1.807) is 18.2 Å². The fourth-order valence-electron chi connectivity index (χ4n) is 5.54. The largest absolute Gasteiger partial charge is 0.298 e. The summed E-state index contributed by atoms with van der Waals surface area (Å²) in [6, 6.07) is 18.1. The van der Waals surface area contributed by atoms with Gasteiger partial charge in [0.1, 0.15) is 5.82 Å². The van der Waals surface area contributed by atoms with E-state index < -0.39 is 5.92 Å². The summed E-state index contributed by atoms with van der Waals surface area (Å²) >= 11 is 0. The second-order valence-corrected chi connectivity index (χ2v) is 8.93. The van der Waals surface area contributed by atoms with Crippen molar-refractivity contribution in [2.45, 2.75) is 25.7 Å². The summed E-state index contributed by atoms with van der Waals surface area (Å²) in [7, 11) is 0. The molecule has 0 spiro atoms. The van der Waals surface area contributed by atoms with Crippen molar-refractivity contribution < 1.29 is 14.0 Å². The van der Waals surface area contributed by atoms with E-state index in [0.717, 1.165) is 50.4 Å². The normalized spacial score (nSPS) is 21.8. The van der Waals surface area contributed by atoms with Crippen LogP contribution in [0, 0.1) is 28.1 Å². The van der Waals surface area contributed by atoms with Crippen LogP contribution in [0.25, 0.3) is 11.6 Å². The highest BCUT2D eigenvalue weighted by Gasteiger charge is 2.45. The Morgan fingerprint density at radius 2 is 1.55 bits per heavy atom. The quantitative estimate of drug-likeness (QED) is 0.642. The Balaban J connectivity index is 1.77. The number of carbonyl (C=O) groups excluding carboxylic acids is 2. The molecule has 3 aliphatic rings. The molecule has 152 valence electrons. The Morgan fingerprint density at radius 1 is 0.839 bits per heavy atom. The van der Waals surface area contributed by atoms with Gasteiger partial charge >= 0.3 is 0 Å². The van der Waals surface area contributed by atoms with Gasteiger partial charge < -0.3 is 0 Å². The van der Waals surface area contributed by atoms with Crippen molar-refractivity contribution in [1.29, 1.82) is 0 Å². The summed E-state index contributed by atoms with van der Waals surface area (Å²) in [6.07, 6.45) is 3.79. The minimum absolute atomic E-state index is 0.0665. The van der Waals surface area contributed by atoms with Gasteiger partial charge in [-0.05, 0) is 75.9 Å². The van der Waals surface area contributed by atoms with Crippen molar-refractivity contribution in [3.8, 4) is 0 Å². The molecular formula is C28H21FO2. The fraction of sp³-hybridized carbons (Fsp3) is 0.214. The van der Waals surface area contributed by atoms with Gasteiger partial charge in [0.25, 0.3) is 0 Å². The molecule has 0 N–H and O–H groups in total. The third kappa shape index (κ3) is 2.69. The van der Waals surface area contributed by atoms with Crippen LogP contribution in [0.5, 0.6) is 0 Å². The number of benzene rings is 3. The van der Waals surface area contributed by atoms with Gasteiger partial charge in [0.15, 0.2) is 11.6 Å². The third-order valence-corrected chi connectivity index (χ3v) is 7.10. The van der Waals surface area contributed by atoms with Crippen LogP contribution in [0.3, 0.4) is 0 Å². The van der Waals surface area contributed by atoms with E-state index in [9.17, 15) is 14.0 Å². The van der Waals surface area contributed by atoms with Crippen molar-refractivity contribution in [3.63, 3.8) is 0 Å². The molecule has 3 aromatic rings. The van der Waals surface area contributed by atoms with Gasteiger partial charge in [-0.3, -0.25) is 9.59 Å². The summed E-state index contributed by atoms with van der Waals surface area (Å²) in [4.78, 5) is 27.2. The topological polar surface area (TPSA) is 34.1 Å². The van der Waals surface area contributed by atoms with Crippen LogP contribution in [0.2, 0.25) is 0 Å². The standard InChI is InChI=1S/C28H21FO2/c1-15-20-12-13-22-21-5-3-2-4-18(21)14-23(30)26(22)27(20)25(17-8-10-19(29)11-9-17)28(31)24(15)16-6-7-16/h2-5,8-14,16,24-25H,6-7H2,1H3. The number of carbonyl (C=O) groups is 2. The van der Waals surface area contributed by atoms with Gasteiger partial charge in [-0.2, -0.15) is 0 Å². The first-order valence-electron chi connectivity index (χ1n) is 10.8. The molecule has 6 rings (SSSR count). The molecule has 0 saturated heterocycles. The number of fused-ring (bicyclic) bond motifs is 4. The first-order valence-corrected chi connectivity index (χ1v) is 10.8. The molecule has 0 aliphatic heterocycles. The van der Waals surface area contributed by atoms with Crippen molar-refractivity contribution in [2.75, 3.05) is 0 Å². The molecule has 0 radical (unpaired) electrons. The highest BCUT2D eigenvalue weighted by molar-refractivity contribution is 6.20. The maximum atomic E-state index is 13.9. The summed E-state index contributed by atoms with van der Waals surface area (Å²) in [5.74, 6) is -0.565. The van der Waals surface area contributed by atoms with Crippen LogP contribution in [-0.4, -0.2) is 11.6 Å². The maximum Gasteiger partial charge on any atom is 0.187 e. The molecule has 2 nitrogen and oxygen atoms in total. The van der Waals surface area contributed by atoms with Gasteiger partial charge in [0.2, 0.25) is 0 Å². The van der Waals surface area contributed by atoms with Gasteiger partial charge in [0, 0.05) is 11.5 Å². The molecule has 0 amide bonds. The van der Waals surface area contributed by atoms with Crippen LogP contribution in [0.1, 0.15) is 47.2 Å². The van der Waals surface area contributed by atoms with Crippen LogP contribution >= 0.6 is 0 Å². The molecule has 1 fully saturated rings. The summed E-state index contributed by atoms with van der Waals surface area (Å²) in [5.41, 5.74) is 3.23. The lowest BCUT2D eigenvalue weighted by Crippen LogP contribution is -2.38. The lowest BCUT2D eigenvalue weighted by Gasteiger charge is -2.31. The Labute approximate surface area is 179 Å². The Bertz CT molecular complexity index is 1490. The maximum absolute atomic E-state index is 13.9. The van der Waals surface area contributed by atoms with E-state index >= 15 is 0 Å². The lowest BCUT2D eigenvalue weighted by atomic mass is 9.70. The average Bonchev–Trinajstić information content (AvgIpc) is 3.60. The summed E-state index contributed by atoms with van der Waals surface area (Å²) in [6.45, 7) is 2.04. The van der Waals surface area contributed by atoms with Crippen LogP contribution in [0.4, 0.5) is 4.39 Å². The van der Waals surface area contributed by atoms with Gasteiger partial charge in [-0.1, -0.05) is 54.1 Å². The fourth-order valence-corrected chi connectivity index (χ4v) is 5.54. The zero-order valence-corrected chi connectivity index (χ0v) is 17.2. The first-order chi connectivity index (χ1) is 15.0. The smallest absolute Gasteiger partial charge is 0.187 e. The van der Waals surface area contributed by atoms with Crippen molar-refractivity contribution in [1.82, 2.24) is 0 Å². The Hall–Kier alpha value is -3.33. The van der Waals surface area contributed by atoms with Crippen molar-refractivity contribution in [3.05, 3.63) is 104 Å². The van der Waals surface area contributed by atoms with E-state index in [1.165, 1.54) is 12.1 Å². The number of halogens is 1. The van der Waals surface area contributed by atoms with Gasteiger partial charge in [-0.25, -0.2) is 4.39 Å². The minimum atomic E-state index is -0.553. The number of Topliss-reactive ketones (excluding diaryl/α,β-unsaturated/α-hetero) is 2. The van der Waals surface area contributed by atoms with Crippen LogP contribution < -0.4 is 10.4 Å². The SMILES string of the molecule is CC1=c2ccc3c(c2C(c2ccc(F)cc2)C(=O)C1C1CC1)C(=O)C=c1ccccc1=3. The van der Waals surface area contributed by atoms with E-state index in [4.69, 9.17) is 0 Å². The minimum Gasteiger partial charge on any atom is -0.298 e.